The highest BCUT2D eigenvalue weighted by Gasteiger charge is 2.26. The maximum Gasteiger partial charge on any atom is 0.315 e. The largest absolute Gasteiger partial charge is 0.336 e. The second kappa shape index (κ2) is 3.91. The Morgan fingerprint density at radius 3 is 3.08 bits per heavy atom. The number of urea groups is 1. The highest BCUT2D eigenvalue weighted by atomic mass is 16.6. The molecule has 3 amide bonds. The molecule has 1 aliphatic rings. The molecule has 1 atom stereocenters. The van der Waals surface area contributed by atoms with E-state index in [-0.39, 0.29) is 11.9 Å². The first-order valence-corrected chi connectivity index (χ1v) is 3.70. The molecule has 0 aliphatic carbocycles. The van der Waals surface area contributed by atoms with E-state index in [1.54, 1.807) is 6.92 Å². The fraction of sp³-hybridized carbons (Fsp3) is 0.667. The second-order valence-corrected chi connectivity index (χ2v) is 2.31. The predicted molar refractivity (Wildman–Crippen MR) is 40.1 cm³/mol. The van der Waals surface area contributed by atoms with Crippen molar-refractivity contribution in [2.45, 2.75) is 13.0 Å². The lowest BCUT2D eigenvalue weighted by Crippen LogP contribution is -2.42. The molecule has 12 heavy (non-hydrogen) atoms. The maximum atomic E-state index is 11.1. The monoisotopic (exact) mass is 173 g/mol. The van der Waals surface area contributed by atoms with Crippen molar-refractivity contribution in [1.82, 2.24) is 16.1 Å². The molecule has 1 aliphatic heterocycles. The van der Waals surface area contributed by atoms with Gasteiger partial charge in [0.15, 0.2) is 0 Å². The lowest BCUT2D eigenvalue weighted by Gasteiger charge is -2.07. The summed E-state index contributed by atoms with van der Waals surface area (Å²) < 4.78 is 0. The fourth-order valence-electron chi connectivity index (χ4n) is 0.828. The van der Waals surface area contributed by atoms with Crippen molar-refractivity contribution < 1.29 is 14.4 Å². The summed E-state index contributed by atoms with van der Waals surface area (Å²) in [6, 6.07) is -0.851. The molecule has 1 rings (SSSR count). The van der Waals surface area contributed by atoms with Gasteiger partial charge in [0.05, 0.1) is 6.61 Å². The molecule has 0 radical (unpaired) electrons. The summed E-state index contributed by atoms with van der Waals surface area (Å²) in [6.07, 6.45) is 0. The number of hydrogen-bond acceptors (Lipinski definition) is 3. The normalized spacial score (nSPS) is 21.4. The van der Waals surface area contributed by atoms with Gasteiger partial charge in [-0.15, -0.1) is 0 Å². The lowest BCUT2D eigenvalue weighted by atomic mass is 10.3. The first-order chi connectivity index (χ1) is 5.74. The zero-order chi connectivity index (χ0) is 8.97. The minimum absolute atomic E-state index is 0.303. The average Bonchev–Trinajstić information content (AvgIpc) is 2.47. The summed E-state index contributed by atoms with van der Waals surface area (Å²) in [5.41, 5.74) is 2.20. The Labute approximate surface area is 69.6 Å². The van der Waals surface area contributed by atoms with Crippen molar-refractivity contribution in [3.05, 3.63) is 0 Å². The predicted octanol–water partition coefficient (Wildman–Crippen LogP) is -1.26. The van der Waals surface area contributed by atoms with E-state index in [0.29, 0.717) is 13.2 Å². The molecule has 1 heterocycles. The quantitative estimate of drug-likeness (QED) is 0.466. The summed E-state index contributed by atoms with van der Waals surface area (Å²) in [4.78, 5) is 26.3. The Bertz CT molecular complexity index is 194. The van der Waals surface area contributed by atoms with Crippen LogP contribution in [0.1, 0.15) is 6.92 Å². The Morgan fingerprint density at radius 1 is 1.83 bits per heavy atom. The van der Waals surface area contributed by atoms with Crippen LogP contribution in [0, 0.1) is 0 Å². The van der Waals surface area contributed by atoms with E-state index in [1.165, 1.54) is 0 Å². The zero-order valence-electron chi connectivity index (χ0n) is 6.72. The van der Waals surface area contributed by atoms with Crippen molar-refractivity contribution in [3.63, 3.8) is 0 Å². The molecule has 3 N–H and O–H groups in total. The van der Waals surface area contributed by atoms with Gasteiger partial charge in [0.1, 0.15) is 6.04 Å². The molecular formula is C6H11N3O3. The van der Waals surface area contributed by atoms with Crippen LogP contribution in [0.15, 0.2) is 0 Å². The second-order valence-electron chi connectivity index (χ2n) is 2.31. The van der Waals surface area contributed by atoms with Gasteiger partial charge in [0.2, 0.25) is 0 Å². The van der Waals surface area contributed by atoms with Crippen molar-refractivity contribution in [3.8, 4) is 0 Å². The number of amides is 3. The van der Waals surface area contributed by atoms with Crippen LogP contribution >= 0.6 is 0 Å². The minimum atomic E-state index is -0.524. The van der Waals surface area contributed by atoms with E-state index in [4.69, 9.17) is 0 Å². The lowest BCUT2D eigenvalue weighted by molar-refractivity contribution is -0.134. The molecule has 1 saturated heterocycles. The molecule has 68 valence electrons. The zero-order valence-corrected chi connectivity index (χ0v) is 6.72. The third kappa shape index (κ3) is 2.09. The van der Waals surface area contributed by atoms with Gasteiger partial charge < -0.3 is 10.6 Å². The van der Waals surface area contributed by atoms with Crippen LogP contribution < -0.4 is 16.1 Å². The summed E-state index contributed by atoms with van der Waals surface area (Å²) in [5, 5.41) is 4.88. The van der Waals surface area contributed by atoms with Crippen LogP contribution in [-0.4, -0.2) is 31.1 Å². The van der Waals surface area contributed by atoms with Gasteiger partial charge in [-0.25, -0.2) is 10.3 Å². The smallest absolute Gasteiger partial charge is 0.315 e. The summed E-state index contributed by atoms with van der Waals surface area (Å²) in [6.45, 7) is 2.46. The number of carbonyl (C=O) groups is 2. The van der Waals surface area contributed by atoms with E-state index in [1.807, 2.05) is 0 Å². The fourth-order valence-corrected chi connectivity index (χ4v) is 0.828. The first-order valence-electron chi connectivity index (χ1n) is 3.70. The first kappa shape index (κ1) is 8.79. The highest BCUT2D eigenvalue weighted by molar-refractivity contribution is 5.89. The van der Waals surface area contributed by atoms with Gasteiger partial charge in [-0.2, -0.15) is 0 Å². The Balaban J connectivity index is 2.28. The third-order valence-electron chi connectivity index (χ3n) is 1.41. The van der Waals surface area contributed by atoms with E-state index < -0.39 is 6.04 Å². The van der Waals surface area contributed by atoms with Gasteiger partial charge in [0, 0.05) is 6.54 Å². The molecule has 0 spiro atoms. The Morgan fingerprint density at radius 2 is 2.58 bits per heavy atom. The van der Waals surface area contributed by atoms with Gasteiger partial charge in [-0.05, 0) is 6.92 Å². The molecule has 0 unspecified atom stereocenters. The van der Waals surface area contributed by atoms with Gasteiger partial charge in [-0.1, -0.05) is 0 Å². The maximum absolute atomic E-state index is 11.1. The highest BCUT2D eigenvalue weighted by Crippen LogP contribution is 1.89. The minimum Gasteiger partial charge on any atom is -0.336 e. The molecule has 6 heteroatoms. The van der Waals surface area contributed by atoms with E-state index in [0.717, 1.165) is 0 Å². The molecule has 0 aromatic rings. The standard InChI is InChI=1S/C6H11N3O3/c1-2-12-9-5(10)4-3-7-6(11)8-4/h4H,2-3H2,1H3,(H,9,10)(H2,7,8,11)/t4-/m0/s1. The van der Waals surface area contributed by atoms with Crippen molar-refractivity contribution in [1.29, 1.82) is 0 Å². The van der Waals surface area contributed by atoms with Gasteiger partial charge in [0.25, 0.3) is 5.91 Å². The Hall–Kier alpha value is -1.30. The van der Waals surface area contributed by atoms with Crippen LogP contribution in [0.2, 0.25) is 0 Å². The Kier molecular flexibility index (Phi) is 2.87. The number of carbonyl (C=O) groups excluding carboxylic acids is 2. The van der Waals surface area contributed by atoms with Crippen LogP contribution in [0.3, 0.4) is 0 Å². The average molecular weight is 173 g/mol. The topological polar surface area (TPSA) is 79.5 Å². The van der Waals surface area contributed by atoms with E-state index in [9.17, 15) is 9.59 Å². The number of hydroxylamine groups is 1. The summed E-state index contributed by atoms with van der Waals surface area (Å²) in [7, 11) is 0. The van der Waals surface area contributed by atoms with Gasteiger partial charge in [-0.3, -0.25) is 9.63 Å². The molecule has 0 aromatic heterocycles. The third-order valence-corrected chi connectivity index (χ3v) is 1.41. The number of hydrogen-bond donors (Lipinski definition) is 3. The van der Waals surface area contributed by atoms with Crippen LogP contribution in [-0.2, 0) is 9.63 Å². The van der Waals surface area contributed by atoms with E-state index >= 15 is 0 Å². The van der Waals surface area contributed by atoms with Crippen molar-refractivity contribution >= 4 is 11.9 Å². The van der Waals surface area contributed by atoms with Crippen LogP contribution in [0.4, 0.5) is 4.79 Å². The van der Waals surface area contributed by atoms with Crippen molar-refractivity contribution in [2.75, 3.05) is 13.2 Å². The molecule has 6 nitrogen and oxygen atoms in total. The SMILES string of the molecule is CCONC(=O)[C@@H]1CNC(=O)N1. The van der Waals surface area contributed by atoms with Crippen molar-refractivity contribution in [2.24, 2.45) is 0 Å². The van der Waals surface area contributed by atoms with Gasteiger partial charge >= 0.3 is 6.03 Å². The molecular weight excluding hydrogens is 162 g/mol. The summed E-state index contributed by atoms with van der Waals surface area (Å²) >= 11 is 0. The van der Waals surface area contributed by atoms with E-state index in [2.05, 4.69) is 21.0 Å². The molecule has 1 fully saturated rings. The molecule has 0 bridgehead atoms. The number of nitrogens with one attached hydrogen (secondary N) is 3. The molecule has 0 aromatic carbocycles. The van der Waals surface area contributed by atoms with Crippen LogP contribution in [0.25, 0.3) is 0 Å². The summed E-state index contributed by atoms with van der Waals surface area (Å²) in [5.74, 6) is -0.338. The number of rotatable bonds is 3. The van der Waals surface area contributed by atoms with Crippen LogP contribution in [0.5, 0.6) is 0 Å². The molecule has 0 saturated carbocycles.